The highest BCUT2D eigenvalue weighted by Crippen LogP contribution is 2.31. The van der Waals surface area contributed by atoms with Gasteiger partial charge in [0.05, 0.1) is 17.9 Å². The number of carbonyl (C=O) groups is 1. The number of rotatable bonds is 7. The number of carbonyl (C=O) groups excluding carboxylic acids is 1. The lowest BCUT2D eigenvalue weighted by atomic mass is 9.87. The van der Waals surface area contributed by atoms with Crippen molar-refractivity contribution in [2.45, 2.75) is 62.8 Å². The molecule has 164 valence electrons. The first-order chi connectivity index (χ1) is 14.6. The highest BCUT2D eigenvalue weighted by atomic mass is 32.2. The van der Waals surface area contributed by atoms with Gasteiger partial charge >= 0.3 is 0 Å². The predicted molar refractivity (Wildman–Crippen MR) is 126 cm³/mol. The molecule has 2 atom stereocenters. The number of aliphatic hydroxyl groups is 1. The number of nitrogens with one attached hydrogen (secondary N) is 1. The first-order valence-electron chi connectivity index (χ1n) is 10.5. The number of thioether (sulfide) groups is 1. The van der Waals surface area contributed by atoms with Gasteiger partial charge in [0.2, 0.25) is 0 Å². The predicted octanol–water partition coefficient (Wildman–Crippen LogP) is 6.03. The number of hydrogen-bond acceptors (Lipinski definition) is 4. The Labute approximate surface area is 189 Å². The molecule has 0 aliphatic carbocycles. The van der Waals surface area contributed by atoms with Gasteiger partial charge in [0, 0.05) is 4.90 Å². The Bertz CT molecular complexity index is 1020. The van der Waals surface area contributed by atoms with Crippen molar-refractivity contribution in [1.82, 2.24) is 5.32 Å². The minimum absolute atomic E-state index is 0.0972. The van der Waals surface area contributed by atoms with E-state index < -0.39 is 12.1 Å². The number of amides is 1. The lowest BCUT2D eigenvalue weighted by Gasteiger charge is -2.20. The van der Waals surface area contributed by atoms with Gasteiger partial charge in [0.25, 0.3) is 5.91 Å². The summed E-state index contributed by atoms with van der Waals surface area (Å²) in [5.74, 6) is 1.31. The normalized spacial score (nSPS) is 13.6. The molecule has 1 amide bonds. The van der Waals surface area contributed by atoms with Gasteiger partial charge in [-0.05, 0) is 54.2 Å². The fraction of sp³-hybridized carbons (Fsp3) is 0.346. The third-order valence-electron chi connectivity index (χ3n) is 5.28. The Morgan fingerprint density at radius 2 is 1.81 bits per heavy atom. The van der Waals surface area contributed by atoms with Crippen LogP contribution >= 0.6 is 11.8 Å². The molecule has 2 aromatic carbocycles. The molecule has 0 unspecified atom stereocenters. The van der Waals surface area contributed by atoms with Crippen LogP contribution in [0.1, 0.15) is 66.8 Å². The van der Waals surface area contributed by atoms with E-state index in [1.165, 1.54) is 16.0 Å². The van der Waals surface area contributed by atoms with Crippen LogP contribution < -0.4 is 5.32 Å². The van der Waals surface area contributed by atoms with Gasteiger partial charge in [-0.15, -0.1) is 11.8 Å². The molecule has 2 N–H and O–H groups in total. The first-order valence-corrected chi connectivity index (χ1v) is 11.5. The van der Waals surface area contributed by atoms with Crippen molar-refractivity contribution in [3.63, 3.8) is 0 Å². The average molecular weight is 438 g/mol. The summed E-state index contributed by atoms with van der Waals surface area (Å²) in [6.45, 7) is 10.5. The molecule has 3 rings (SSSR count). The fourth-order valence-electron chi connectivity index (χ4n) is 3.24. The van der Waals surface area contributed by atoms with Gasteiger partial charge in [-0.1, -0.05) is 63.2 Å². The van der Waals surface area contributed by atoms with Gasteiger partial charge in [-0.3, -0.25) is 4.79 Å². The van der Waals surface area contributed by atoms with Gasteiger partial charge in [0.15, 0.2) is 5.76 Å². The summed E-state index contributed by atoms with van der Waals surface area (Å²) in [6.07, 6.45) is -0.784. The summed E-state index contributed by atoms with van der Waals surface area (Å²) < 4.78 is 5.78. The molecule has 5 heteroatoms. The number of hydrogen-bond donors (Lipinski definition) is 2. The van der Waals surface area contributed by atoms with E-state index in [4.69, 9.17) is 4.42 Å². The first kappa shape index (κ1) is 23.2. The average Bonchev–Trinajstić information content (AvgIpc) is 3.21. The minimum Gasteiger partial charge on any atom is -0.455 e. The molecular formula is C26H31NO3S. The zero-order chi connectivity index (χ0) is 22.6. The number of aliphatic hydroxyl groups excluding tert-OH is 1. The van der Waals surface area contributed by atoms with Crippen molar-refractivity contribution in [2.24, 2.45) is 0 Å². The van der Waals surface area contributed by atoms with Crippen molar-refractivity contribution >= 4 is 17.7 Å². The van der Waals surface area contributed by atoms with Gasteiger partial charge in [0.1, 0.15) is 5.76 Å². The Kier molecular flexibility index (Phi) is 7.29. The quantitative estimate of drug-likeness (QED) is 0.443. The van der Waals surface area contributed by atoms with Crippen LogP contribution in [0.5, 0.6) is 0 Å². The maximum atomic E-state index is 12.6. The van der Waals surface area contributed by atoms with E-state index in [1.54, 1.807) is 24.8 Å². The zero-order valence-corrected chi connectivity index (χ0v) is 19.6. The molecule has 1 aromatic heterocycles. The van der Waals surface area contributed by atoms with Crippen LogP contribution in [0, 0.1) is 6.92 Å². The highest BCUT2D eigenvalue weighted by molar-refractivity contribution is 7.98. The fourth-order valence-corrected chi connectivity index (χ4v) is 4.20. The van der Waals surface area contributed by atoms with E-state index in [-0.39, 0.29) is 17.1 Å². The molecule has 0 radical (unpaired) electrons. The number of furan rings is 1. The van der Waals surface area contributed by atoms with E-state index in [0.717, 1.165) is 11.3 Å². The second-order valence-electron chi connectivity index (χ2n) is 8.90. The summed E-state index contributed by atoms with van der Waals surface area (Å²) in [6, 6.07) is 19.0. The third kappa shape index (κ3) is 6.02. The summed E-state index contributed by atoms with van der Waals surface area (Å²) in [5, 5.41) is 13.3. The van der Waals surface area contributed by atoms with Crippen LogP contribution in [0.2, 0.25) is 0 Å². The van der Waals surface area contributed by atoms with Gasteiger partial charge in [-0.25, -0.2) is 0 Å². The molecule has 4 nitrogen and oxygen atoms in total. The topological polar surface area (TPSA) is 62.5 Å². The minimum atomic E-state index is -0.784. The molecule has 0 saturated carbocycles. The van der Waals surface area contributed by atoms with E-state index in [1.807, 2.05) is 36.4 Å². The molecule has 0 aliphatic rings. The van der Waals surface area contributed by atoms with Gasteiger partial charge < -0.3 is 14.8 Å². The number of benzene rings is 2. The van der Waals surface area contributed by atoms with Crippen LogP contribution in [-0.4, -0.2) is 17.1 Å². The largest absolute Gasteiger partial charge is 0.455 e. The summed E-state index contributed by atoms with van der Waals surface area (Å²) >= 11 is 1.71. The van der Waals surface area contributed by atoms with Gasteiger partial charge in [-0.2, -0.15) is 0 Å². The molecular weight excluding hydrogens is 406 g/mol. The van der Waals surface area contributed by atoms with E-state index in [9.17, 15) is 9.90 Å². The maximum Gasteiger partial charge on any atom is 0.287 e. The van der Waals surface area contributed by atoms with Crippen LogP contribution in [0.15, 0.2) is 70.0 Å². The Morgan fingerprint density at radius 3 is 2.48 bits per heavy atom. The van der Waals surface area contributed by atoms with Crippen molar-refractivity contribution in [3.8, 4) is 0 Å². The van der Waals surface area contributed by atoms with Crippen LogP contribution in [0.25, 0.3) is 0 Å². The van der Waals surface area contributed by atoms with Crippen molar-refractivity contribution in [3.05, 3.63) is 88.9 Å². The lowest BCUT2D eigenvalue weighted by Crippen LogP contribution is -2.36. The van der Waals surface area contributed by atoms with Crippen molar-refractivity contribution < 1.29 is 14.3 Å². The number of aryl methyl sites for hydroxylation is 1. The monoisotopic (exact) mass is 437 g/mol. The van der Waals surface area contributed by atoms with Crippen LogP contribution in [0.3, 0.4) is 0 Å². The third-order valence-corrected chi connectivity index (χ3v) is 6.46. The Hall–Kier alpha value is -2.50. The second kappa shape index (κ2) is 9.75. The molecule has 0 spiro atoms. The highest BCUT2D eigenvalue weighted by Gasteiger charge is 2.21. The lowest BCUT2D eigenvalue weighted by molar-refractivity contribution is 0.0824. The molecule has 1 heterocycles. The molecule has 0 aliphatic heterocycles. The molecule has 3 aromatic rings. The maximum absolute atomic E-state index is 12.6. The van der Waals surface area contributed by atoms with E-state index >= 15 is 0 Å². The smallest absolute Gasteiger partial charge is 0.287 e. The summed E-state index contributed by atoms with van der Waals surface area (Å²) in [5.41, 5.74) is 3.39. The zero-order valence-electron chi connectivity index (χ0n) is 18.8. The summed E-state index contributed by atoms with van der Waals surface area (Å²) in [7, 11) is 0. The Morgan fingerprint density at radius 1 is 1.10 bits per heavy atom. The van der Waals surface area contributed by atoms with Crippen molar-refractivity contribution in [2.75, 3.05) is 0 Å². The molecule has 0 saturated heterocycles. The Balaban J connectivity index is 1.61. The second-order valence-corrected chi connectivity index (χ2v) is 9.92. The van der Waals surface area contributed by atoms with E-state index in [0.29, 0.717) is 5.75 Å². The standard InChI is InChI=1S/C26H31NO3S/c1-17-11-12-20(26(3,4)5)15-23(17)31-16-21-13-14-22(30-21)25(29)27-18(2)24(28)19-9-7-6-8-10-19/h6-15,18,24,28H,16H2,1-5H3,(H,27,29)/t18-,24-/m1/s1. The van der Waals surface area contributed by atoms with Crippen molar-refractivity contribution in [1.29, 1.82) is 0 Å². The molecule has 0 bridgehead atoms. The van der Waals surface area contributed by atoms with E-state index in [2.05, 4.69) is 51.2 Å². The molecule has 31 heavy (non-hydrogen) atoms. The molecule has 0 fully saturated rings. The SMILES string of the molecule is Cc1ccc(C(C)(C)C)cc1SCc1ccc(C(=O)N[C@H](C)[C@@H](O)c2ccccc2)o1. The van der Waals surface area contributed by atoms with Crippen LogP contribution in [0.4, 0.5) is 0 Å². The summed E-state index contributed by atoms with van der Waals surface area (Å²) in [4.78, 5) is 13.8. The van der Waals surface area contributed by atoms with Crippen LogP contribution in [-0.2, 0) is 11.2 Å².